The Balaban J connectivity index is 1.71. The molecule has 1 aliphatic carbocycles. The summed E-state index contributed by atoms with van der Waals surface area (Å²) < 4.78 is 0. The molecule has 0 bridgehead atoms. The van der Waals surface area contributed by atoms with E-state index in [4.69, 9.17) is 5.73 Å². The van der Waals surface area contributed by atoms with Crippen LogP contribution in [0.5, 0.6) is 0 Å². The van der Waals surface area contributed by atoms with Crippen molar-refractivity contribution in [2.24, 2.45) is 5.92 Å². The number of nitrogens with one attached hydrogen (secondary N) is 2. The van der Waals surface area contributed by atoms with Gasteiger partial charge in [-0.25, -0.2) is 4.98 Å². The summed E-state index contributed by atoms with van der Waals surface area (Å²) in [6.07, 6.45) is 1.06. The fourth-order valence-electron chi connectivity index (χ4n) is 2.23. The van der Waals surface area contributed by atoms with Gasteiger partial charge in [-0.05, 0) is 12.3 Å². The van der Waals surface area contributed by atoms with E-state index in [9.17, 15) is 4.79 Å². The fraction of sp³-hybridized carbons (Fsp3) is 0.667. The van der Waals surface area contributed by atoms with Gasteiger partial charge in [0, 0.05) is 32.2 Å². The van der Waals surface area contributed by atoms with Crippen LogP contribution in [0.3, 0.4) is 0 Å². The SMILES string of the molecule is CC1CC1NC(=O)c1sc(N2CCNCC2)nc1N. The van der Waals surface area contributed by atoms with E-state index in [0.29, 0.717) is 22.7 Å². The molecule has 2 aliphatic rings. The van der Waals surface area contributed by atoms with E-state index in [1.807, 2.05) is 0 Å². The van der Waals surface area contributed by atoms with Gasteiger partial charge in [-0.15, -0.1) is 0 Å². The molecule has 19 heavy (non-hydrogen) atoms. The lowest BCUT2D eigenvalue weighted by molar-refractivity contribution is 0.0954. The average Bonchev–Trinajstić information content (AvgIpc) is 2.95. The zero-order valence-electron chi connectivity index (χ0n) is 11.0. The molecule has 2 heterocycles. The smallest absolute Gasteiger partial charge is 0.265 e. The third kappa shape index (κ3) is 2.66. The second-order valence-corrected chi connectivity index (χ2v) is 6.22. The standard InChI is InChI=1S/C12H19N5OS/c1-7-6-8(7)15-11(18)9-10(13)16-12(19-9)17-4-2-14-3-5-17/h7-8,14H,2-6,13H2,1H3,(H,15,18). The summed E-state index contributed by atoms with van der Waals surface area (Å²) in [5, 5.41) is 7.14. The minimum absolute atomic E-state index is 0.0780. The maximum Gasteiger partial charge on any atom is 0.265 e. The van der Waals surface area contributed by atoms with Crippen molar-refractivity contribution in [1.82, 2.24) is 15.6 Å². The van der Waals surface area contributed by atoms with Crippen LogP contribution in [0.15, 0.2) is 0 Å². The molecule has 1 aliphatic heterocycles. The van der Waals surface area contributed by atoms with Crippen molar-refractivity contribution < 1.29 is 4.79 Å². The van der Waals surface area contributed by atoms with Gasteiger partial charge >= 0.3 is 0 Å². The van der Waals surface area contributed by atoms with Crippen LogP contribution in [0, 0.1) is 5.92 Å². The maximum absolute atomic E-state index is 12.1. The Morgan fingerprint density at radius 3 is 2.84 bits per heavy atom. The molecule has 1 saturated heterocycles. The number of thiazole rings is 1. The summed E-state index contributed by atoms with van der Waals surface area (Å²) in [6.45, 7) is 5.84. The lowest BCUT2D eigenvalue weighted by Crippen LogP contribution is -2.43. The van der Waals surface area contributed by atoms with Crippen LogP contribution in [0.4, 0.5) is 10.9 Å². The molecule has 1 aromatic heterocycles. The monoisotopic (exact) mass is 281 g/mol. The largest absolute Gasteiger partial charge is 0.382 e. The summed E-state index contributed by atoms with van der Waals surface area (Å²) in [5.74, 6) is 0.862. The van der Waals surface area contributed by atoms with E-state index in [1.54, 1.807) is 0 Å². The number of anilines is 2. The first-order chi connectivity index (χ1) is 9.15. The molecule has 7 heteroatoms. The first-order valence-corrected chi connectivity index (χ1v) is 7.49. The van der Waals surface area contributed by atoms with Crippen LogP contribution in [0.1, 0.15) is 23.0 Å². The van der Waals surface area contributed by atoms with Crippen molar-refractivity contribution in [3.05, 3.63) is 4.88 Å². The van der Waals surface area contributed by atoms with Crippen molar-refractivity contribution in [1.29, 1.82) is 0 Å². The van der Waals surface area contributed by atoms with Gasteiger partial charge in [0.15, 0.2) is 5.13 Å². The van der Waals surface area contributed by atoms with Gasteiger partial charge in [0.1, 0.15) is 10.7 Å². The van der Waals surface area contributed by atoms with Crippen LogP contribution < -0.4 is 21.3 Å². The van der Waals surface area contributed by atoms with E-state index in [0.717, 1.165) is 37.7 Å². The number of piperazine rings is 1. The van der Waals surface area contributed by atoms with Crippen LogP contribution in [-0.4, -0.2) is 43.1 Å². The first kappa shape index (κ1) is 12.7. The molecule has 0 radical (unpaired) electrons. The van der Waals surface area contributed by atoms with Crippen molar-refractivity contribution in [3.8, 4) is 0 Å². The highest BCUT2D eigenvalue weighted by Gasteiger charge is 2.35. The van der Waals surface area contributed by atoms with Crippen LogP contribution in [0.25, 0.3) is 0 Å². The number of nitrogens with two attached hydrogens (primary N) is 1. The van der Waals surface area contributed by atoms with Gasteiger partial charge in [0.2, 0.25) is 0 Å². The Morgan fingerprint density at radius 2 is 2.21 bits per heavy atom. The summed E-state index contributed by atoms with van der Waals surface area (Å²) in [7, 11) is 0. The number of aromatic nitrogens is 1. The summed E-state index contributed by atoms with van der Waals surface area (Å²) in [4.78, 5) is 19.2. The second-order valence-electron chi connectivity index (χ2n) is 5.24. The molecule has 1 saturated carbocycles. The molecule has 1 aromatic rings. The predicted octanol–water partition coefficient (Wildman–Crippen LogP) is 0.273. The summed E-state index contributed by atoms with van der Waals surface area (Å²) >= 11 is 1.40. The number of amides is 1. The molecule has 4 N–H and O–H groups in total. The molecule has 1 amide bonds. The summed E-state index contributed by atoms with van der Waals surface area (Å²) in [6, 6.07) is 0.316. The van der Waals surface area contributed by atoms with E-state index in [-0.39, 0.29) is 5.91 Å². The van der Waals surface area contributed by atoms with Crippen molar-refractivity contribution in [3.63, 3.8) is 0 Å². The third-order valence-corrected chi connectivity index (χ3v) is 4.79. The number of hydrogen-bond donors (Lipinski definition) is 3. The number of nitrogen functional groups attached to an aromatic ring is 1. The van der Waals surface area contributed by atoms with Gasteiger partial charge in [-0.3, -0.25) is 4.79 Å². The zero-order valence-corrected chi connectivity index (χ0v) is 11.8. The minimum atomic E-state index is -0.0780. The molecular formula is C12H19N5OS. The first-order valence-electron chi connectivity index (χ1n) is 6.68. The molecule has 2 unspecified atom stereocenters. The van der Waals surface area contributed by atoms with Crippen LogP contribution in [-0.2, 0) is 0 Å². The number of nitrogens with zero attached hydrogens (tertiary/aromatic N) is 2. The molecule has 0 aromatic carbocycles. The molecule has 2 fully saturated rings. The van der Waals surface area contributed by atoms with E-state index < -0.39 is 0 Å². The molecule has 0 spiro atoms. The highest BCUT2D eigenvalue weighted by atomic mass is 32.1. The van der Waals surface area contributed by atoms with E-state index in [2.05, 4.69) is 27.4 Å². The minimum Gasteiger partial charge on any atom is -0.382 e. The maximum atomic E-state index is 12.1. The number of hydrogen-bond acceptors (Lipinski definition) is 6. The van der Waals surface area contributed by atoms with Crippen molar-refractivity contribution in [2.45, 2.75) is 19.4 Å². The highest BCUT2D eigenvalue weighted by Crippen LogP contribution is 2.32. The fourth-order valence-corrected chi connectivity index (χ4v) is 3.17. The Hall–Kier alpha value is -1.34. The topological polar surface area (TPSA) is 83.3 Å². The van der Waals surface area contributed by atoms with Gasteiger partial charge in [0.25, 0.3) is 5.91 Å². The lowest BCUT2D eigenvalue weighted by Gasteiger charge is -2.26. The average molecular weight is 281 g/mol. The van der Waals surface area contributed by atoms with Crippen LogP contribution in [0.2, 0.25) is 0 Å². The van der Waals surface area contributed by atoms with Crippen molar-refractivity contribution >= 4 is 28.2 Å². The molecule has 2 atom stereocenters. The molecule has 104 valence electrons. The van der Waals surface area contributed by atoms with Crippen LogP contribution >= 0.6 is 11.3 Å². The Kier molecular flexibility index (Phi) is 3.32. The molecule has 3 rings (SSSR count). The number of rotatable bonds is 3. The van der Waals surface area contributed by atoms with Gasteiger partial charge in [-0.1, -0.05) is 18.3 Å². The molecular weight excluding hydrogens is 262 g/mol. The zero-order chi connectivity index (χ0) is 13.4. The number of carbonyl (C=O) groups is 1. The van der Waals surface area contributed by atoms with E-state index in [1.165, 1.54) is 11.3 Å². The Morgan fingerprint density at radius 1 is 1.53 bits per heavy atom. The van der Waals surface area contributed by atoms with Gasteiger partial charge in [-0.2, -0.15) is 0 Å². The van der Waals surface area contributed by atoms with Crippen molar-refractivity contribution in [2.75, 3.05) is 36.8 Å². The predicted molar refractivity (Wildman–Crippen MR) is 76.6 cm³/mol. The van der Waals surface area contributed by atoms with Gasteiger partial charge in [0.05, 0.1) is 0 Å². The second kappa shape index (κ2) is 4.97. The number of carbonyl (C=O) groups excluding carboxylic acids is 1. The summed E-state index contributed by atoms with van der Waals surface area (Å²) in [5.41, 5.74) is 5.88. The third-order valence-electron chi connectivity index (χ3n) is 3.66. The quantitative estimate of drug-likeness (QED) is 0.741. The Labute approximate surface area is 116 Å². The van der Waals surface area contributed by atoms with Gasteiger partial charge < -0.3 is 21.3 Å². The molecule has 6 nitrogen and oxygen atoms in total. The Bertz CT molecular complexity index is 482. The van der Waals surface area contributed by atoms with E-state index >= 15 is 0 Å². The lowest BCUT2D eigenvalue weighted by atomic mass is 10.4. The normalized spacial score (nSPS) is 26.3. The highest BCUT2D eigenvalue weighted by molar-refractivity contribution is 7.18.